The number of hydrogen-bond acceptors (Lipinski definition) is 3. The van der Waals surface area contributed by atoms with Crippen LogP contribution in [0.15, 0.2) is 0 Å². The van der Waals surface area contributed by atoms with E-state index in [0.717, 1.165) is 11.5 Å². The van der Waals surface area contributed by atoms with Crippen LogP contribution in [-0.2, 0) is 4.79 Å². The van der Waals surface area contributed by atoms with Gasteiger partial charge in [-0.15, -0.1) is 23.5 Å². The van der Waals surface area contributed by atoms with Crippen LogP contribution < -0.4 is 0 Å². The summed E-state index contributed by atoms with van der Waals surface area (Å²) in [5.74, 6) is 2.12. The first kappa shape index (κ1) is 8.75. The van der Waals surface area contributed by atoms with Crippen LogP contribution in [-0.4, -0.2) is 20.8 Å². The lowest BCUT2D eigenvalue weighted by Gasteiger charge is -2.27. The van der Waals surface area contributed by atoms with Crippen molar-refractivity contribution in [2.24, 2.45) is 0 Å². The Morgan fingerprint density at radius 2 is 2.00 bits per heavy atom. The molecule has 0 N–H and O–H groups in total. The molecule has 1 aliphatic rings. The van der Waals surface area contributed by atoms with Crippen molar-refractivity contribution in [1.82, 2.24) is 0 Å². The van der Waals surface area contributed by atoms with E-state index in [9.17, 15) is 4.79 Å². The van der Waals surface area contributed by atoms with Gasteiger partial charge in [0.1, 0.15) is 4.08 Å². The molecule has 1 aliphatic heterocycles. The highest BCUT2D eigenvalue weighted by molar-refractivity contribution is 8.20. The molecule has 4 heteroatoms. The Morgan fingerprint density at radius 3 is 2.30 bits per heavy atom. The fourth-order valence-corrected chi connectivity index (χ4v) is 3.67. The normalized spacial score (nSPS) is 24.2. The van der Waals surface area contributed by atoms with Crippen molar-refractivity contribution in [2.75, 3.05) is 11.5 Å². The highest BCUT2D eigenvalue weighted by Crippen LogP contribution is 2.43. The van der Waals surface area contributed by atoms with Gasteiger partial charge in [-0.2, -0.15) is 0 Å². The lowest BCUT2D eigenvalue weighted by molar-refractivity contribution is -0.111. The fourth-order valence-electron chi connectivity index (χ4n) is 0.748. The molecule has 0 saturated carbocycles. The Labute approximate surface area is 74.3 Å². The summed E-state index contributed by atoms with van der Waals surface area (Å²) in [5, 5.41) is -0.220. The minimum Gasteiger partial charge on any atom is -0.279 e. The molecule has 1 fully saturated rings. The van der Waals surface area contributed by atoms with E-state index >= 15 is 0 Å². The van der Waals surface area contributed by atoms with Crippen molar-refractivity contribution in [3.8, 4) is 0 Å². The van der Waals surface area contributed by atoms with E-state index in [1.54, 1.807) is 23.5 Å². The third-order valence-electron chi connectivity index (χ3n) is 1.40. The van der Waals surface area contributed by atoms with E-state index in [1.165, 1.54) is 6.42 Å². The molecule has 1 nitrogen and oxygen atoms in total. The van der Waals surface area contributed by atoms with E-state index in [1.807, 2.05) is 6.92 Å². The number of thioether (sulfide) groups is 2. The topological polar surface area (TPSA) is 17.1 Å². The van der Waals surface area contributed by atoms with Gasteiger partial charge in [-0.25, -0.2) is 0 Å². The quantitative estimate of drug-likeness (QED) is 0.600. The van der Waals surface area contributed by atoms with Gasteiger partial charge in [0.05, 0.1) is 0 Å². The lowest BCUT2D eigenvalue weighted by Crippen LogP contribution is -2.27. The average Bonchev–Trinajstić information content (AvgIpc) is 1.89. The zero-order valence-corrected chi connectivity index (χ0v) is 8.11. The van der Waals surface area contributed by atoms with Crippen LogP contribution in [0.4, 0.5) is 0 Å². The van der Waals surface area contributed by atoms with Crippen molar-refractivity contribution in [1.29, 1.82) is 0 Å². The summed E-state index contributed by atoms with van der Waals surface area (Å²) in [4.78, 5) is 10.8. The summed E-state index contributed by atoms with van der Waals surface area (Å²) < 4.78 is -0.361. The second-order valence-electron chi connectivity index (χ2n) is 2.27. The van der Waals surface area contributed by atoms with Gasteiger partial charge in [0.2, 0.25) is 5.24 Å². The van der Waals surface area contributed by atoms with E-state index in [0.29, 0.717) is 0 Å². The first-order chi connectivity index (χ1) is 4.65. The summed E-state index contributed by atoms with van der Waals surface area (Å²) in [6.45, 7) is 1.90. The zero-order valence-electron chi connectivity index (χ0n) is 5.72. The largest absolute Gasteiger partial charge is 0.279 e. The SMILES string of the molecule is CC1(C(=O)Cl)SCCCS1. The Morgan fingerprint density at radius 1 is 1.50 bits per heavy atom. The van der Waals surface area contributed by atoms with E-state index in [4.69, 9.17) is 11.6 Å². The van der Waals surface area contributed by atoms with Crippen LogP contribution in [0.1, 0.15) is 13.3 Å². The van der Waals surface area contributed by atoms with Gasteiger partial charge in [-0.05, 0) is 36.5 Å². The van der Waals surface area contributed by atoms with Crippen LogP contribution in [0.5, 0.6) is 0 Å². The molecule has 0 aromatic carbocycles. The third kappa shape index (κ3) is 1.83. The van der Waals surface area contributed by atoms with Crippen molar-refractivity contribution in [3.63, 3.8) is 0 Å². The smallest absolute Gasteiger partial charge is 0.247 e. The number of rotatable bonds is 1. The number of hydrogen-bond donors (Lipinski definition) is 0. The van der Waals surface area contributed by atoms with Crippen molar-refractivity contribution in [3.05, 3.63) is 0 Å². The number of carbonyl (C=O) groups excluding carboxylic acids is 1. The monoisotopic (exact) mass is 196 g/mol. The van der Waals surface area contributed by atoms with Crippen LogP contribution in [0.2, 0.25) is 0 Å². The van der Waals surface area contributed by atoms with Gasteiger partial charge < -0.3 is 0 Å². The van der Waals surface area contributed by atoms with Gasteiger partial charge in [-0.3, -0.25) is 4.79 Å². The van der Waals surface area contributed by atoms with Crippen molar-refractivity contribution < 1.29 is 4.79 Å². The van der Waals surface area contributed by atoms with Gasteiger partial charge in [0, 0.05) is 0 Å². The summed E-state index contributed by atoms with van der Waals surface area (Å²) in [5.41, 5.74) is 0. The highest BCUT2D eigenvalue weighted by Gasteiger charge is 2.34. The van der Waals surface area contributed by atoms with Gasteiger partial charge in [0.25, 0.3) is 0 Å². The average molecular weight is 197 g/mol. The predicted octanol–water partition coefficient (Wildman–Crippen LogP) is 2.34. The highest BCUT2D eigenvalue weighted by atomic mass is 35.5. The number of halogens is 1. The minimum atomic E-state index is -0.361. The molecule has 0 amide bonds. The molecule has 0 atom stereocenters. The lowest BCUT2D eigenvalue weighted by atomic mass is 10.5. The van der Waals surface area contributed by atoms with Gasteiger partial charge in [-0.1, -0.05) is 0 Å². The Hall–Kier alpha value is 0.660. The Kier molecular flexibility index (Phi) is 2.95. The van der Waals surface area contributed by atoms with E-state index in [2.05, 4.69) is 0 Å². The van der Waals surface area contributed by atoms with E-state index in [-0.39, 0.29) is 9.32 Å². The molecular formula is C6H9ClOS2. The van der Waals surface area contributed by atoms with Crippen LogP contribution >= 0.6 is 35.1 Å². The zero-order chi connectivity index (χ0) is 7.61. The van der Waals surface area contributed by atoms with Crippen molar-refractivity contribution >= 4 is 40.4 Å². The molecule has 58 valence electrons. The molecule has 0 bridgehead atoms. The van der Waals surface area contributed by atoms with E-state index < -0.39 is 0 Å². The molecule has 0 aromatic heterocycles. The van der Waals surface area contributed by atoms with Crippen LogP contribution in [0.25, 0.3) is 0 Å². The molecule has 0 radical (unpaired) electrons. The summed E-state index contributed by atoms with van der Waals surface area (Å²) >= 11 is 8.73. The first-order valence-electron chi connectivity index (χ1n) is 3.13. The minimum absolute atomic E-state index is 0.220. The maximum absolute atomic E-state index is 10.8. The summed E-state index contributed by atoms with van der Waals surface area (Å²) in [6.07, 6.45) is 1.19. The Balaban J connectivity index is 2.56. The summed E-state index contributed by atoms with van der Waals surface area (Å²) in [7, 11) is 0. The van der Waals surface area contributed by atoms with Gasteiger partial charge >= 0.3 is 0 Å². The molecule has 0 aromatic rings. The molecule has 0 aliphatic carbocycles. The Bertz CT molecular complexity index is 143. The second kappa shape index (κ2) is 3.37. The van der Waals surface area contributed by atoms with Crippen molar-refractivity contribution in [2.45, 2.75) is 17.4 Å². The second-order valence-corrected chi connectivity index (χ2v) is 5.90. The molecule has 10 heavy (non-hydrogen) atoms. The maximum atomic E-state index is 10.8. The first-order valence-corrected chi connectivity index (χ1v) is 5.48. The molecule has 1 rings (SSSR count). The third-order valence-corrected chi connectivity index (χ3v) is 5.17. The molecular weight excluding hydrogens is 188 g/mol. The van der Waals surface area contributed by atoms with Crippen LogP contribution in [0.3, 0.4) is 0 Å². The van der Waals surface area contributed by atoms with Gasteiger partial charge in [0.15, 0.2) is 0 Å². The van der Waals surface area contributed by atoms with Crippen LogP contribution in [0, 0.1) is 0 Å². The standard InChI is InChI=1S/C6H9ClOS2/c1-6(5(7)8)9-3-2-4-10-6/h2-4H2,1H3. The molecule has 1 heterocycles. The number of carbonyl (C=O) groups is 1. The predicted molar refractivity (Wildman–Crippen MR) is 48.8 cm³/mol. The molecule has 0 spiro atoms. The maximum Gasteiger partial charge on any atom is 0.247 e. The summed E-state index contributed by atoms with van der Waals surface area (Å²) in [6, 6.07) is 0. The molecule has 0 unspecified atom stereocenters. The molecule has 1 saturated heterocycles. The fraction of sp³-hybridized carbons (Fsp3) is 0.833.